The number of rotatable bonds is 6. The SMILES string of the molecule is CC(C)CC(=O)N[C@H](CC(N)=O)C(=O)O. The molecule has 1 atom stereocenters. The van der Waals surface area contributed by atoms with Crippen molar-refractivity contribution in [3.05, 3.63) is 0 Å². The van der Waals surface area contributed by atoms with Gasteiger partial charge in [-0.3, -0.25) is 9.59 Å². The molecule has 4 N–H and O–H groups in total. The van der Waals surface area contributed by atoms with Crippen LogP contribution in [-0.2, 0) is 14.4 Å². The van der Waals surface area contributed by atoms with Crippen LogP contribution in [0.15, 0.2) is 0 Å². The van der Waals surface area contributed by atoms with Gasteiger partial charge in [-0.05, 0) is 5.92 Å². The summed E-state index contributed by atoms with van der Waals surface area (Å²) in [5, 5.41) is 10.9. The van der Waals surface area contributed by atoms with Crippen molar-refractivity contribution in [3.8, 4) is 0 Å². The van der Waals surface area contributed by atoms with Crippen LogP contribution >= 0.6 is 0 Å². The van der Waals surface area contributed by atoms with Gasteiger partial charge in [0.2, 0.25) is 11.8 Å². The molecule has 15 heavy (non-hydrogen) atoms. The first-order valence-corrected chi connectivity index (χ1v) is 4.63. The van der Waals surface area contributed by atoms with Crippen LogP contribution < -0.4 is 11.1 Å². The van der Waals surface area contributed by atoms with Gasteiger partial charge >= 0.3 is 5.97 Å². The molecular formula is C9H16N2O4. The molecule has 0 aromatic carbocycles. The molecule has 6 heteroatoms. The van der Waals surface area contributed by atoms with Gasteiger partial charge in [-0.1, -0.05) is 13.8 Å². The minimum Gasteiger partial charge on any atom is -0.480 e. The standard InChI is InChI=1S/C9H16N2O4/c1-5(2)3-8(13)11-6(9(14)15)4-7(10)12/h5-6H,3-4H2,1-2H3,(H2,10,12)(H,11,13)(H,14,15)/t6-/m1/s1. The first-order chi connectivity index (χ1) is 6.82. The van der Waals surface area contributed by atoms with Crippen LogP contribution in [0.1, 0.15) is 26.7 Å². The van der Waals surface area contributed by atoms with Crippen LogP contribution in [0.3, 0.4) is 0 Å². The molecule has 0 aromatic heterocycles. The van der Waals surface area contributed by atoms with E-state index in [-0.39, 0.29) is 18.8 Å². The summed E-state index contributed by atoms with van der Waals surface area (Å²) in [5.41, 5.74) is 4.85. The Morgan fingerprint density at radius 2 is 1.80 bits per heavy atom. The Morgan fingerprint density at radius 3 is 2.13 bits per heavy atom. The number of amides is 2. The zero-order valence-corrected chi connectivity index (χ0v) is 8.82. The second kappa shape index (κ2) is 6.00. The Kier molecular flexibility index (Phi) is 5.36. The first kappa shape index (κ1) is 13.4. The molecule has 0 saturated heterocycles. The van der Waals surface area contributed by atoms with E-state index in [1.165, 1.54) is 0 Å². The van der Waals surface area contributed by atoms with Gasteiger partial charge in [-0.15, -0.1) is 0 Å². The van der Waals surface area contributed by atoms with Gasteiger partial charge in [-0.25, -0.2) is 4.79 Å². The lowest BCUT2D eigenvalue weighted by molar-refractivity contribution is -0.143. The maximum absolute atomic E-state index is 11.2. The maximum Gasteiger partial charge on any atom is 0.326 e. The fourth-order valence-electron chi connectivity index (χ4n) is 1.03. The number of hydrogen-bond donors (Lipinski definition) is 3. The smallest absolute Gasteiger partial charge is 0.326 e. The lowest BCUT2D eigenvalue weighted by Gasteiger charge is -2.13. The number of carboxylic acids is 1. The quantitative estimate of drug-likeness (QED) is 0.554. The van der Waals surface area contributed by atoms with Crippen LogP contribution in [0.5, 0.6) is 0 Å². The summed E-state index contributed by atoms with van der Waals surface area (Å²) in [6.45, 7) is 3.67. The highest BCUT2D eigenvalue weighted by atomic mass is 16.4. The summed E-state index contributed by atoms with van der Waals surface area (Å²) in [6.07, 6.45) is -0.165. The molecule has 0 radical (unpaired) electrons. The third-order valence-electron chi connectivity index (χ3n) is 1.63. The van der Waals surface area contributed by atoms with Gasteiger partial charge in [0, 0.05) is 6.42 Å². The zero-order chi connectivity index (χ0) is 12.0. The summed E-state index contributed by atoms with van der Waals surface area (Å²) in [4.78, 5) is 32.4. The van der Waals surface area contributed by atoms with Crippen LogP contribution in [0.25, 0.3) is 0 Å². The Morgan fingerprint density at radius 1 is 1.27 bits per heavy atom. The molecular weight excluding hydrogens is 200 g/mol. The van der Waals surface area contributed by atoms with Crippen LogP contribution in [0, 0.1) is 5.92 Å². The van der Waals surface area contributed by atoms with Crippen molar-refractivity contribution in [2.45, 2.75) is 32.7 Å². The van der Waals surface area contributed by atoms with Gasteiger partial charge in [0.1, 0.15) is 6.04 Å². The van der Waals surface area contributed by atoms with E-state index in [1.807, 2.05) is 13.8 Å². The molecule has 0 heterocycles. The second-order valence-corrected chi connectivity index (χ2v) is 3.73. The summed E-state index contributed by atoms with van der Waals surface area (Å²) in [7, 11) is 0. The summed E-state index contributed by atoms with van der Waals surface area (Å²) >= 11 is 0. The van der Waals surface area contributed by atoms with Gasteiger partial charge in [0.25, 0.3) is 0 Å². The number of aliphatic carboxylic acids is 1. The number of hydrogen-bond acceptors (Lipinski definition) is 3. The molecule has 0 saturated carbocycles. The predicted octanol–water partition coefficient (Wildman–Crippen LogP) is -0.523. The third kappa shape index (κ3) is 6.48. The summed E-state index contributed by atoms with van der Waals surface area (Å²) in [5.74, 6) is -2.27. The van der Waals surface area contributed by atoms with E-state index in [1.54, 1.807) is 0 Å². The molecule has 86 valence electrons. The monoisotopic (exact) mass is 216 g/mol. The van der Waals surface area contributed by atoms with Gasteiger partial charge in [-0.2, -0.15) is 0 Å². The van der Waals surface area contributed by atoms with E-state index in [0.29, 0.717) is 0 Å². The zero-order valence-electron chi connectivity index (χ0n) is 8.82. The Labute approximate surface area is 87.8 Å². The first-order valence-electron chi connectivity index (χ1n) is 4.63. The molecule has 0 aliphatic heterocycles. The van der Waals surface area contributed by atoms with E-state index < -0.39 is 23.8 Å². The minimum absolute atomic E-state index is 0.132. The average Bonchev–Trinajstić information content (AvgIpc) is 1.99. The predicted molar refractivity (Wildman–Crippen MR) is 52.8 cm³/mol. The summed E-state index contributed by atoms with van der Waals surface area (Å²) < 4.78 is 0. The number of primary amides is 1. The van der Waals surface area contributed by atoms with E-state index in [2.05, 4.69) is 5.32 Å². The highest BCUT2D eigenvalue weighted by molar-refractivity contribution is 5.88. The van der Waals surface area contributed by atoms with Crippen molar-refractivity contribution >= 4 is 17.8 Å². The topological polar surface area (TPSA) is 109 Å². The Bertz CT molecular complexity index is 263. The van der Waals surface area contributed by atoms with Crippen molar-refractivity contribution in [3.63, 3.8) is 0 Å². The number of carbonyl (C=O) groups is 3. The molecule has 0 spiro atoms. The third-order valence-corrected chi connectivity index (χ3v) is 1.63. The van der Waals surface area contributed by atoms with Gasteiger partial charge in [0.05, 0.1) is 6.42 Å². The van der Waals surface area contributed by atoms with E-state index >= 15 is 0 Å². The van der Waals surface area contributed by atoms with Gasteiger partial charge < -0.3 is 16.2 Å². The number of nitrogens with one attached hydrogen (secondary N) is 1. The molecule has 0 unspecified atom stereocenters. The number of carbonyl (C=O) groups excluding carboxylic acids is 2. The number of nitrogens with two attached hydrogens (primary N) is 1. The number of carboxylic acid groups (broad SMARTS) is 1. The van der Waals surface area contributed by atoms with Crippen molar-refractivity contribution in [1.82, 2.24) is 5.32 Å². The lowest BCUT2D eigenvalue weighted by Crippen LogP contribution is -2.43. The van der Waals surface area contributed by atoms with Crippen molar-refractivity contribution in [1.29, 1.82) is 0 Å². The van der Waals surface area contributed by atoms with Gasteiger partial charge in [0.15, 0.2) is 0 Å². The maximum atomic E-state index is 11.2. The van der Waals surface area contributed by atoms with E-state index in [0.717, 1.165) is 0 Å². The van der Waals surface area contributed by atoms with Crippen molar-refractivity contribution < 1.29 is 19.5 Å². The molecule has 0 aliphatic carbocycles. The van der Waals surface area contributed by atoms with Crippen LogP contribution in [0.4, 0.5) is 0 Å². The normalized spacial score (nSPS) is 12.2. The van der Waals surface area contributed by atoms with Crippen LogP contribution in [0.2, 0.25) is 0 Å². The van der Waals surface area contributed by atoms with E-state index in [9.17, 15) is 14.4 Å². The minimum atomic E-state index is -1.26. The molecule has 0 aliphatic rings. The Balaban J connectivity index is 4.22. The molecule has 6 nitrogen and oxygen atoms in total. The Hall–Kier alpha value is -1.59. The molecule has 0 rings (SSSR count). The summed E-state index contributed by atoms with van der Waals surface area (Å²) in [6, 6.07) is -1.23. The van der Waals surface area contributed by atoms with Crippen molar-refractivity contribution in [2.24, 2.45) is 11.7 Å². The fraction of sp³-hybridized carbons (Fsp3) is 0.667. The van der Waals surface area contributed by atoms with Crippen molar-refractivity contribution in [2.75, 3.05) is 0 Å². The highest BCUT2D eigenvalue weighted by Crippen LogP contribution is 2.00. The van der Waals surface area contributed by atoms with Crippen LogP contribution in [-0.4, -0.2) is 28.9 Å². The fourth-order valence-corrected chi connectivity index (χ4v) is 1.03. The molecule has 0 aromatic rings. The molecule has 0 bridgehead atoms. The second-order valence-electron chi connectivity index (χ2n) is 3.73. The largest absolute Gasteiger partial charge is 0.480 e. The van der Waals surface area contributed by atoms with E-state index in [4.69, 9.17) is 10.8 Å². The molecule has 2 amide bonds. The molecule has 0 fully saturated rings. The lowest BCUT2D eigenvalue weighted by atomic mass is 10.1. The highest BCUT2D eigenvalue weighted by Gasteiger charge is 2.22. The average molecular weight is 216 g/mol.